The molecule has 3 aromatic rings. The van der Waals surface area contributed by atoms with E-state index in [0.29, 0.717) is 11.6 Å². The molecule has 2 aromatic heterocycles. The van der Waals surface area contributed by atoms with E-state index >= 15 is 0 Å². The SMILES string of the molecule is COc1ccc(-c2nc3ccc(Cl)cn3c2CCCN)cc1. The van der Waals surface area contributed by atoms with Crippen molar-refractivity contribution in [1.82, 2.24) is 9.38 Å². The summed E-state index contributed by atoms with van der Waals surface area (Å²) < 4.78 is 7.27. The second-order valence-corrected chi connectivity index (χ2v) is 5.54. The number of pyridine rings is 1. The Morgan fingerprint density at radius 1 is 1.18 bits per heavy atom. The smallest absolute Gasteiger partial charge is 0.137 e. The molecule has 0 spiro atoms. The van der Waals surface area contributed by atoms with E-state index in [1.807, 2.05) is 42.6 Å². The average Bonchev–Trinajstić information content (AvgIpc) is 2.90. The van der Waals surface area contributed by atoms with Crippen molar-refractivity contribution in [2.45, 2.75) is 12.8 Å². The predicted molar refractivity (Wildman–Crippen MR) is 89.6 cm³/mol. The van der Waals surface area contributed by atoms with Crippen LogP contribution in [0.2, 0.25) is 5.02 Å². The lowest BCUT2D eigenvalue weighted by molar-refractivity contribution is 0.415. The number of aromatic nitrogens is 2. The Kier molecular flexibility index (Phi) is 4.32. The van der Waals surface area contributed by atoms with Crippen molar-refractivity contribution in [1.29, 1.82) is 0 Å². The molecule has 0 aliphatic rings. The number of nitrogens with two attached hydrogens (primary N) is 1. The fourth-order valence-electron chi connectivity index (χ4n) is 2.56. The lowest BCUT2D eigenvalue weighted by atomic mass is 10.1. The summed E-state index contributed by atoms with van der Waals surface area (Å²) in [5.41, 5.74) is 9.73. The molecule has 3 rings (SSSR count). The van der Waals surface area contributed by atoms with Crippen LogP contribution >= 0.6 is 11.6 Å². The normalized spacial score (nSPS) is 11.0. The Morgan fingerprint density at radius 3 is 2.64 bits per heavy atom. The number of imidazole rings is 1. The summed E-state index contributed by atoms with van der Waals surface area (Å²) in [7, 11) is 1.66. The van der Waals surface area contributed by atoms with Gasteiger partial charge in [-0.1, -0.05) is 11.6 Å². The Labute approximate surface area is 134 Å². The van der Waals surface area contributed by atoms with Gasteiger partial charge in [-0.2, -0.15) is 0 Å². The van der Waals surface area contributed by atoms with Crippen LogP contribution in [0.25, 0.3) is 16.9 Å². The fourth-order valence-corrected chi connectivity index (χ4v) is 2.72. The van der Waals surface area contributed by atoms with Gasteiger partial charge in [0.25, 0.3) is 0 Å². The molecule has 0 aliphatic carbocycles. The zero-order valence-corrected chi connectivity index (χ0v) is 13.2. The predicted octanol–water partition coefficient (Wildman–Crippen LogP) is 3.55. The number of rotatable bonds is 5. The van der Waals surface area contributed by atoms with Gasteiger partial charge in [-0.25, -0.2) is 4.98 Å². The van der Waals surface area contributed by atoms with Crippen LogP contribution < -0.4 is 10.5 Å². The molecule has 22 heavy (non-hydrogen) atoms. The Hall–Kier alpha value is -2.04. The zero-order chi connectivity index (χ0) is 15.5. The van der Waals surface area contributed by atoms with Crippen LogP contribution in [0.1, 0.15) is 12.1 Å². The number of benzene rings is 1. The van der Waals surface area contributed by atoms with Gasteiger partial charge in [-0.3, -0.25) is 0 Å². The summed E-state index contributed by atoms with van der Waals surface area (Å²) in [5, 5.41) is 0.695. The highest BCUT2D eigenvalue weighted by molar-refractivity contribution is 6.30. The topological polar surface area (TPSA) is 52.5 Å². The van der Waals surface area contributed by atoms with Crippen LogP contribution in [-0.2, 0) is 6.42 Å². The van der Waals surface area contributed by atoms with Gasteiger partial charge in [0.05, 0.1) is 23.5 Å². The van der Waals surface area contributed by atoms with Crippen molar-refractivity contribution in [3.05, 3.63) is 53.3 Å². The van der Waals surface area contributed by atoms with Crippen molar-refractivity contribution in [2.24, 2.45) is 5.73 Å². The third kappa shape index (κ3) is 2.80. The molecule has 0 aliphatic heterocycles. The average molecular weight is 316 g/mol. The molecule has 0 atom stereocenters. The molecule has 2 heterocycles. The maximum Gasteiger partial charge on any atom is 0.137 e. The number of halogens is 1. The molecular weight excluding hydrogens is 298 g/mol. The van der Waals surface area contributed by atoms with Gasteiger partial charge < -0.3 is 14.9 Å². The lowest BCUT2D eigenvalue weighted by Gasteiger charge is -2.06. The first-order valence-corrected chi connectivity index (χ1v) is 7.61. The molecule has 0 bridgehead atoms. The largest absolute Gasteiger partial charge is 0.497 e. The summed E-state index contributed by atoms with van der Waals surface area (Å²) in [6.45, 7) is 0.649. The van der Waals surface area contributed by atoms with E-state index in [-0.39, 0.29) is 0 Å². The number of fused-ring (bicyclic) bond motifs is 1. The van der Waals surface area contributed by atoms with Crippen LogP contribution in [-0.4, -0.2) is 23.0 Å². The first-order valence-electron chi connectivity index (χ1n) is 7.24. The molecular formula is C17H18ClN3O. The van der Waals surface area contributed by atoms with E-state index in [4.69, 9.17) is 27.1 Å². The molecule has 0 fully saturated rings. The first-order chi connectivity index (χ1) is 10.7. The van der Waals surface area contributed by atoms with E-state index in [1.165, 1.54) is 0 Å². The molecule has 4 nitrogen and oxygen atoms in total. The number of hydrogen-bond acceptors (Lipinski definition) is 3. The van der Waals surface area contributed by atoms with Gasteiger partial charge in [0.2, 0.25) is 0 Å². The lowest BCUT2D eigenvalue weighted by Crippen LogP contribution is -2.03. The second kappa shape index (κ2) is 6.38. The molecule has 0 saturated heterocycles. The molecule has 0 unspecified atom stereocenters. The van der Waals surface area contributed by atoms with Crippen molar-refractivity contribution in [3.63, 3.8) is 0 Å². The van der Waals surface area contributed by atoms with Crippen LogP contribution in [0.3, 0.4) is 0 Å². The van der Waals surface area contributed by atoms with Crippen LogP contribution in [0.5, 0.6) is 5.75 Å². The number of hydrogen-bond donors (Lipinski definition) is 1. The maximum absolute atomic E-state index is 6.13. The Balaban J connectivity index is 2.13. The van der Waals surface area contributed by atoms with E-state index in [1.54, 1.807) is 7.11 Å². The minimum Gasteiger partial charge on any atom is -0.497 e. The zero-order valence-electron chi connectivity index (χ0n) is 12.4. The van der Waals surface area contributed by atoms with Crippen molar-refractivity contribution >= 4 is 17.2 Å². The third-order valence-electron chi connectivity index (χ3n) is 3.66. The molecule has 114 valence electrons. The highest BCUT2D eigenvalue weighted by atomic mass is 35.5. The number of nitrogens with zero attached hydrogens (tertiary/aromatic N) is 2. The summed E-state index contributed by atoms with van der Waals surface area (Å²) in [6, 6.07) is 11.7. The van der Waals surface area contributed by atoms with Crippen LogP contribution in [0.15, 0.2) is 42.6 Å². The van der Waals surface area contributed by atoms with Gasteiger partial charge in [-0.15, -0.1) is 0 Å². The van der Waals surface area contributed by atoms with Gasteiger partial charge in [0.1, 0.15) is 11.4 Å². The molecule has 1 aromatic carbocycles. The van der Waals surface area contributed by atoms with Gasteiger partial charge in [-0.05, 0) is 55.8 Å². The fraction of sp³-hybridized carbons (Fsp3) is 0.235. The van der Waals surface area contributed by atoms with E-state index in [0.717, 1.165) is 41.2 Å². The number of methoxy groups -OCH3 is 1. The summed E-state index contributed by atoms with van der Waals surface area (Å²) in [4.78, 5) is 4.76. The third-order valence-corrected chi connectivity index (χ3v) is 3.89. The van der Waals surface area contributed by atoms with Crippen molar-refractivity contribution in [2.75, 3.05) is 13.7 Å². The summed E-state index contributed by atoms with van der Waals surface area (Å²) >= 11 is 6.13. The molecule has 0 radical (unpaired) electrons. The molecule has 0 saturated carbocycles. The van der Waals surface area contributed by atoms with E-state index in [2.05, 4.69) is 4.40 Å². The van der Waals surface area contributed by atoms with Gasteiger partial charge in [0, 0.05) is 11.8 Å². The van der Waals surface area contributed by atoms with Crippen molar-refractivity contribution in [3.8, 4) is 17.0 Å². The van der Waals surface area contributed by atoms with E-state index < -0.39 is 0 Å². The Bertz CT molecular complexity index is 780. The first kappa shape index (κ1) is 14.9. The van der Waals surface area contributed by atoms with Crippen LogP contribution in [0, 0.1) is 0 Å². The highest BCUT2D eigenvalue weighted by Crippen LogP contribution is 2.28. The molecule has 2 N–H and O–H groups in total. The highest BCUT2D eigenvalue weighted by Gasteiger charge is 2.14. The maximum atomic E-state index is 6.13. The standard InChI is InChI=1S/C17H18ClN3O/c1-22-14-7-4-12(5-8-14)17-15(3-2-10-19)21-11-13(18)6-9-16(21)20-17/h4-9,11H,2-3,10,19H2,1H3. The minimum absolute atomic E-state index is 0.649. The summed E-state index contributed by atoms with van der Waals surface area (Å²) in [5.74, 6) is 0.832. The second-order valence-electron chi connectivity index (χ2n) is 5.10. The van der Waals surface area contributed by atoms with E-state index in [9.17, 15) is 0 Å². The number of aryl methyl sites for hydroxylation is 1. The van der Waals surface area contributed by atoms with Crippen LogP contribution in [0.4, 0.5) is 0 Å². The van der Waals surface area contributed by atoms with Crippen molar-refractivity contribution < 1.29 is 4.74 Å². The Morgan fingerprint density at radius 2 is 1.95 bits per heavy atom. The molecule has 5 heteroatoms. The quantitative estimate of drug-likeness (QED) is 0.783. The van der Waals surface area contributed by atoms with Gasteiger partial charge in [0.15, 0.2) is 0 Å². The number of ether oxygens (including phenoxy) is 1. The monoisotopic (exact) mass is 315 g/mol. The minimum atomic E-state index is 0.649. The summed E-state index contributed by atoms with van der Waals surface area (Å²) in [6.07, 6.45) is 3.67. The molecule has 0 amide bonds. The van der Waals surface area contributed by atoms with Gasteiger partial charge >= 0.3 is 0 Å².